The number of carbonyl (C=O) groups excluding carboxylic acids is 1. The van der Waals surface area contributed by atoms with Gasteiger partial charge < -0.3 is 5.32 Å². The summed E-state index contributed by atoms with van der Waals surface area (Å²) in [4.78, 5) is 12.8. The van der Waals surface area contributed by atoms with Gasteiger partial charge in [-0.05, 0) is 47.5 Å². The minimum atomic E-state index is -3.98. The number of nitriles is 1. The molecular weight excluding hydrogens is 469 g/mol. The number of hydrogen-bond acceptors (Lipinski definition) is 4. The zero-order valence-corrected chi connectivity index (χ0v) is 19.2. The van der Waals surface area contributed by atoms with Crippen molar-refractivity contribution < 1.29 is 13.2 Å². The molecule has 0 saturated heterocycles. The van der Waals surface area contributed by atoms with E-state index in [0.717, 1.165) is 9.87 Å². The first-order valence-electron chi connectivity index (χ1n) is 9.54. The van der Waals surface area contributed by atoms with E-state index in [1.54, 1.807) is 54.6 Å². The maximum atomic E-state index is 13.3. The van der Waals surface area contributed by atoms with E-state index in [1.807, 2.05) is 0 Å². The van der Waals surface area contributed by atoms with Crippen molar-refractivity contribution in [2.45, 2.75) is 17.9 Å². The van der Waals surface area contributed by atoms with Crippen molar-refractivity contribution in [2.24, 2.45) is 0 Å². The molecule has 0 aliphatic rings. The fourth-order valence-corrected chi connectivity index (χ4v) is 4.83. The van der Waals surface area contributed by atoms with E-state index in [1.165, 1.54) is 18.2 Å². The van der Waals surface area contributed by atoms with Crippen LogP contribution >= 0.6 is 23.2 Å². The highest BCUT2D eigenvalue weighted by molar-refractivity contribution is 7.89. The minimum Gasteiger partial charge on any atom is -0.325 e. The second kappa shape index (κ2) is 10.6. The van der Waals surface area contributed by atoms with Crippen LogP contribution < -0.4 is 5.32 Å². The molecule has 0 saturated carbocycles. The van der Waals surface area contributed by atoms with Crippen molar-refractivity contribution in [3.05, 3.63) is 94.0 Å². The van der Waals surface area contributed by atoms with Gasteiger partial charge in [-0.2, -0.15) is 9.57 Å². The topological polar surface area (TPSA) is 90.3 Å². The fraction of sp³-hybridized carbons (Fsp3) is 0.130. The van der Waals surface area contributed by atoms with Crippen LogP contribution in [0.4, 0.5) is 5.69 Å². The van der Waals surface area contributed by atoms with Gasteiger partial charge >= 0.3 is 0 Å². The molecule has 164 valence electrons. The van der Waals surface area contributed by atoms with E-state index < -0.39 is 22.5 Å². The Morgan fingerprint density at radius 1 is 1.00 bits per heavy atom. The third kappa shape index (κ3) is 6.09. The normalized spacial score (nSPS) is 11.2. The molecule has 0 atom stereocenters. The Balaban J connectivity index is 1.84. The summed E-state index contributed by atoms with van der Waals surface area (Å²) in [5, 5.41) is 12.2. The molecule has 0 heterocycles. The van der Waals surface area contributed by atoms with Crippen molar-refractivity contribution in [3.63, 3.8) is 0 Å². The molecule has 0 spiro atoms. The Labute approximate surface area is 197 Å². The highest BCUT2D eigenvalue weighted by atomic mass is 35.5. The number of nitrogens with one attached hydrogen (secondary N) is 1. The quantitative estimate of drug-likeness (QED) is 0.489. The Morgan fingerprint density at radius 3 is 2.31 bits per heavy atom. The van der Waals surface area contributed by atoms with E-state index in [9.17, 15) is 13.2 Å². The third-order valence-corrected chi connectivity index (χ3v) is 6.98. The van der Waals surface area contributed by atoms with E-state index >= 15 is 0 Å². The van der Waals surface area contributed by atoms with Gasteiger partial charge in [0.05, 0.1) is 23.9 Å². The number of anilines is 1. The van der Waals surface area contributed by atoms with Gasteiger partial charge in [-0.15, -0.1) is 0 Å². The number of hydrogen-bond donors (Lipinski definition) is 1. The zero-order chi connectivity index (χ0) is 23.1. The summed E-state index contributed by atoms with van der Waals surface area (Å²) in [5.41, 5.74) is 1.83. The van der Waals surface area contributed by atoms with Crippen LogP contribution in [0.15, 0.2) is 77.7 Å². The molecule has 0 radical (unpaired) electrons. The molecule has 32 heavy (non-hydrogen) atoms. The number of benzene rings is 3. The van der Waals surface area contributed by atoms with Crippen LogP contribution in [-0.4, -0.2) is 25.2 Å². The molecule has 9 heteroatoms. The predicted octanol–water partition coefficient (Wildman–Crippen LogP) is 4.89. The zero-order valence-electron chi connectivity index (χ0n) is 16.8. The number of rotatable bonds is 8. The summed E-state index contributed by atoms with van der Waals surface area (Å²) < 4.78 is 27.6. The molecule has 3 aromatic carbocycles. The van der Waals surface area contributed by atoms with Crippen molar-refractivity contribution in [3.8, 4) is 6.07 Å². The fourth-order valence-electron chi connectivity index (χ4n) is 2.97. The van der Waals surface area contributed by atoms with Crippen LogP contribution in [-0.2, 0) is 27.8 Å². The molecule has 6 nitrogen and oxygen atoms in total. The van der Waals surface area contributed by atoms with Crippen LogP contribution in [0.25, 0.3) is 0 Å². The van der Waals surface area contributed by atoms with E-state index in [4.69, 9.17) is 28.5 Å². The first-order valence-corrected chi connectivity index (χ1v) is 11.7. The van der Waals surface area contributed by atoms with Crippen molar-refractivity contribution in [2.75, 3.05) is 11.9 Å². The molecule has 3 rings (SSSR count). The summed E-state index contributed by atoms with van der Waals surface area (Å²) in [6, 6.07) is 21.5. The highest BCUT2D eigenvalue weighted by Gasteiger charge is 2.27. The number of carbonyl (C=O) groups is 1. The largest absolute Gasteiger partial charge is 0.325 e. The minimum absolute atomic E-state index is 0.0683. The lowest BCUT2D eigenvalue weighted by molar-refractivity contribution is -0.116. The van der Waals surface area contributed by atoms with Crippen LogP contribution in [0, 0.1) is 11.3 Å². The summed E-state index contributed by atoms with van der Waals surface area (Å²) in [7, 11) is -3.98. The Kier molecular flexibility index (Phi) is 7.89. The average molecular weight is 488 g/mol. The molecule has 0 unspecified atom stereocenters. The first kappa shape index (κ1) is 23.8. The van der Waals surface area contributed by atoms with Gasteiger partial charge in [0.15, 0.2) is 0 Å². The summed E-state index contributed by atoms with van der Waals surface area (Å²) in [5.74, 6) is -0.511. The van der Waals surface area contributed by atoms with Gasteiger partial charge in [0.2, 0.25) is 15.9 Å². The first-order chi connectivity index (χ1) is 15.3. The molecule has 0 bridgehead atoms. The standard InChI is InChI=1S/C23H19Cl2N3O3S/c24-19-9-8-18(22(25)14-19)15-28(32(30,31)21-4-2-1-3-5-21)16-23(29)27-20-10-6-17(7-11-20)12-13-26/h1-11,14H,12,15-16H2,(H,27,29). The maximum absolute atomic E-state index is 13.3. The number of nitrogens with zero attached hydrogens (tertiary/aromatic N) is 2. The lowest BCUT2D eigenvalue weighted by Gasteiger charge is -2.22. The molecular formula is C23H19Cl2N3O3S. The number of amides is 1. The second-order valence-electron chi connectivity index (χ2n) is 6.90. The van der Waals surface area contributed by atoms with Crippen molar-refractivity contribution in [1.29, 1.82) is 5.26 Å². The van der Waals surface area contributed by atoms with Crippen LogP contribution in [0.1, 0.15) is 11.1 Å². The van der Waals surface area contributed by atoms with E-state index in [2.05, 4.69) is 11.4 Å². The third-order valence-electron chi connectivity index (χ3n) is 4.58. The lowest BCUT2D eigenvalue weighted by Crippen LogP contribution is -2.37. The Bertz CT molecular complexity index is 1240. The maximum Gasteiger partial charge on any atom is 0.243 e. The molecule has 0 aromatic heterocycles. The van der Waals surface area contributed by atoms with Gasteiger partial charge in [-0.25, -0.2) is 8.42 Å². The predicted molar refractivity (Wildman–Crippen MR) is 125 cm³/mol. The van der Waals surface area contributed by atoms with E-state index in [-0.39, 0.29) is 17.9 Å². The molecule has 0 aliphatic heterocycles. The van der Waals surface area contributed by atoms with E-state index in [0.29, 0.717) is 21.3 Å². The average Bonchev–Trinajstić information content (AvgIpc) is 2.77. The van der Waals surface area contributed by atoms with Gasteiger partial charge in [0.1, 0.15) is 0 Å². The molecule has 1 N–H and O–H groups in total. The molecule has 3 aromatic rings. The Hall–Kier alpha value is -2.89. The SMILES string of the molecule is N#CCc1ccc(NC(=O)CN(Cc2ccc(Cl)cc2Cl)S(=O)(=O)c2ccccc2)cc1. The van der Waals surface area contributed by atoms with Crippen molar-refractivity contribution in [1.82, 2.24) is 4.31 Å². The van der Waals surface area contributed by atoms with Crippen molar-refractivity contribution >= 4 is 44.8 Å². The second-order valence-corrected chi connectivity index (χ2v) is 9.68. The van der Waals surface area contributed by atoms with Crippen LogP contribution in [0.2, 0.25) is 10.0 Å². The lowest BCUT2D eigenvalue weighted by atomic mass is 10.1. The number of sulfonamides is 1. The van der Waals surface area contributed by atoms with Gasteiger partial charge in [-0.1, -0.05) is 59.6 Å². The Morgan fingerprint density at radius 2 is 1.69 bits per heavy atom. The molecule has 0 fully saturated rings. The van der Waals surface area contributed by atoms with Gasteiger partial charge in [-0.3, -0.25) is 4.79 Å². The van der Waals surface area contributed by atoms with Crippen LogP contribution in [0.5, 0.6) is 0 Å². The summed E-state index contributed by atoms with van der Waals surface area (Å²) in [6.07, 6.45) is 0.263. The molecule has 1 amide bonds. The smallest absolute Gasteiger partial charge is 0.243 e. The summed E-state index contributed by atoms with van der Waals surface area (Å²) >= 11 is 12.2. The van der Waals surface area contributed by atoms with Crippen LogP contribution in [0.3, 0.4) is 0 Å². The monoisotopic (exact) mass is 487 g/mol. The highest BCUT2D eigenvalue weighted by Crippen LogP contribution is 2.25. The van der Waals surface area contributed by atoms with Gasteiger partial charge in [0, 0.05) is 22.3 Å². The van der Waals surface area contributed by atoms with Gasteiger partial charge in [0.25, 0.3) is 0 Å². The number of halogens is 2. The summed E-state index contributed by atoms with van der Waals surface area (Å²) in [6.45, 7) is -0.530. The molecule has 0 aliphatic carbocycles.